The number of benzene rings is 1. The van der Waals surface area contributed by atoms with Crippen molar-refractivity contribution in [2.75, 3.05) is 19.6 Å². The van der Waals surface area contributed by atoms with Gasteiger partial charge in [0.05, 0.1) is 0 Å². The Bertz CT molecular complexity index is 403. The molecule has 0 aromatic heterocycles. The molecule has 1 atom stereocenters. The van der Waals surface area contributed by atoms with Crippen LogP contribution in [-0.4, -0.2) is 30.6 Å². The van der Waals surface area contributed by atoms with Gasteiger partial charge >= 0.3 is 0 Å². The highest BCUT2D eigenvalue weighted by Crippen LogP contribution is 2.28. The van der Waals surface area contributed by atoms with E-state index in [1.165, 1.54) is 49.0 Å². The van der Waals surface area contributed by atoms with Crippen molar-refractivity contribution in [1.82, 2.24) is 10.2 Å². The van der Waals surface area contributed by atoms with E-state index in [-0.39, 0.29) is 0 Å². The smallest absolute Gasteiger partial charge is 0.0332 e. The number of nitrogens with zero attached hydrogens (tertiary/aromatic N) is 1. The van der Waals surface area contributed by atoms with Crippen LogP contribution in [0.2, 0.25) is 0 Å². The van der Waals surface area contributed by atoms with Crippen LogP contribution in [0.1, 0.15) is 55.8 Å². The molecule has 0 amide bonds. The number of aryl methyl sites for hydroxylation is 2. The summed E-state index contributed by atoms with van der Waals surface area (Å²) in [6.07, 6.45) is 4.02. The van der Waals surface area contributed by atoms with Crippen LogP contribution in [0.3, 0.4) is 0 Å². The zero-order valence-electron chi connectivity index (χ0n) is 13.6. The molecule has 1 aromatic carbocycles. The summed E-state index contributed by atoms with van der Waals surface area (Å²) in [5.41, 5.74) is 4.20. The molecule has 1 N–H and O–H groups in total. The molecular formula is C18H30N2. The molecule has 1 saturated carbocycles. The number of nitrogens with one attached hydrogen (secondary N) is 1. The maximum absolute atomic E-state index is 3.67. The molecule has 1 aliphatic carbocycles. The van der Waals surface area contributed by atoms with Crippen molar-refractivity contribution in [2.45, 2.75) is 59.0 Å². The summed E-state index contributed by atoms with van der Waals surface area (Å²) in [4.78, 5) is 2.65. The molecule has 0 saturated heterocycles. The third-order valence-corrected chi connectivity index (χ3v) is 4.27. The first-order valence-electron chi connectivity index (χ1n) is 8.19. The van der Waals surface area contributed by atoms with E-state index >= 15 is 0 Å². The molecular weight excluding hydrogens is 244 g/mol. The van der Waals surface area contributed by atoms with E-state index in [4.69, 9.17) is 0 Å². The first kappa shape index (κ1) is 15.5. The average Bonchev–Trinajstić information content (AvgIpc) is 3.21. The normalized spacial score (nSPS) is 16.6. The molecule has 1 unspecified atom stereocenters. The minimum Gasteiger partial charge on any atom is -0.310 e. The molecule has 0 aliphatic heterocycles. The summed E-state index contributed by atoms with van der Waals surface area (Å²) in [5.74, 6) is 0. The fourth-order valence-corrected chi connectivity index (χ4v) is 3.18. The number of hydrogen-bond acceptors (Lipinski definition) is 2. The van der Waals surface area contributed by atoms with Gasteiger partial charge in [-0.25, -0.2) is 0 Å². The van der Waals surface area contributed by atoms with Gasteiger partial charge in [0, 0.05) is 18.6 Å². The monoisotopic (exact) mass is 274 g/mol. The van der Waals surface area contributed by atoms with Gasteiger partial charge in [0.1, 0.15) is 0 Å². The van der Waals surface area contributed by atoms with E-state index in [1.54, 1.807) is 0 Å². The van der Waals surface area contributed by atoms with Crippen molar-refractivity contribution < 1.29 is 0 Å². The quantitative estimate of drug-likeness (QED) is 0.775. The lowest BCUT2D eigenvalue weighted by Crippen LogP contribution is -2.31. The highest BCUT2D eigenvalue weighted by Gasteiger charge is 2.28. The Balaban J connectivity index is 2.01. The first-order valence-corrected chi connectivity index (χ1v) is 8.19. The third kappa shape index (κ3) is 4.32. The van der Waals surface area contributed by atoms with Crippen molar-refractivity contribution in [3.05, 3.63) is 34.9 Å². The molecule has 0 radical (unpaired) electrons. The second-order valence-corrected chi connectivity index (χ2v) is 6.18. The Morgan fingerprint density at radius 3 is 2.30 bits per heavy atom. The minimum atomic E-state index is 0.492. The first-order chi connectivity index (χ1) is 9.63. The highest BCUT2D eigenvalue weighted by atomic mass is 15.2. The van der Waals surface area contributed by atoms with Crippen LogP contribution in [0, 0.1) is 13.8 Å². The summed E-state index contributed by atoms with van der Waals surface area (Å²) in [7, 11) is 0. The van der Waals surface area contributed by atoms with Crippen LogP contribution in [0.15, 0.2) is 18.2 Å². The van der Waals surface area contributed by atoms with Crippen LogP contribution in [0.5, 0.6) is 0 Å². The molecule has 2 nitrogen and oxygen atoms in total. The summed E-state index contributed by atoms with van der Waals surface area (Å²) in [5, 5.41) is 3.67. The molecule has 112 valence electrons. The van der Waals surface area contributed by atoms with Crippen molar-refractivity contribution in [2.24, 2.45) is 0 Å². The molecule has 2 heteroatoms. The average molecular weight is 274 g/mol. The van der Waals surface area contributed by atoms with E-state index < -0.39 is 0 Å². The largest absolute Gasteiger partial charge is 0.310 e. The van der Waals surface area contributed by atoms with Gasteiger partial charge in [-0.15, -0.1) is 0 Å². The maximum Gasteiger partial charge on any atom is 0.0332 e. The molecule has 20 heavy (non-hydrogen) atoms. The van der Waals surface area contributed by atoms with E-state index in [2.05, 4.69) is 56.1 Å². The summed E-state index contributed by atoms with van der Waals surface area (Å²) in [6.45, 7) is 12.3. The lowest BCUT2D eigenvalue weighted by atomic mass is 9.99. The van der Waals surface area contributed by atoms with E-state index in [9.17, 15) is 0 Å². The van der Waals surface area contributed by atoms with Gasteiger partial charge < -0.3 is 10.2 Å². The Labute approximate surface area is 124 Å². The third-order valence-electron chi connectivity index (χ3n) is 4.27. The lowest BCUT2D eigenvalue weighted by Gasteiger charge is -2.25. The Morgan fingerprint density at radius 2 is 1.80 bits per heavy atom. The second kappa shape index (κ2) is 7.24. The van der Waals surface area contributed by atoms with Gasteiger partial charge in [0.15, 0.2) is 0 Å². The molecule has 2 rings (SSSR count). The van der Waals surface area contributed by atoms with Gasteiger partial charge in [0.2, 0.25) is 0 Å². The number of hydrogen-bond donors (Lipinski definition) is 1. The molecule has 0 spiro atoms. The molecule has 1 aliphatic rings. The Morgan fingerprint density at radius 1 is 1.15 bits per heavy atom. The highest BCUT2D eigenvalue weighted by molar-refractivity contribution is 5.30. The predicted octanol–water partition coefficient (Wildman–Crippen LogP) is 3.83. The van der Waals surface area contributed by atoms with Gasteiger partial charge in [-0.1, -0.05) is 43.2 Å². The zero-order chi connectivity index (χ0) is 14.5. The lowest BCUT2D eigenvalue weighted by molar-refractivity contribution is 0.260. The van der Waals surface area contributed by atoms with Crippen molar-refractivity contribution in [3.63, 3.8) is 0 Å². The van der Waals surface area contributed by atoms with Crippen LogP contribution in [0.25, 0.3) is 0 Å². The molecule has 1 aromatic rings. The Hall–Kier alpha value is -0.860. The predicted molar refractivity (Wildman–Crippen MR) is 87.2 cm³/mol. The van der Waals surface area contributed by atoms with Crippen molar-refractivity contribution in [3.8, 4) is 0 Å². The van der Waals surface area contributed by atoms with E-state index in [0.717, 1.165) is 12.6 Å². The van der Waals surface area contributed by atoms with Gasteiger partial charge in [-0.3, -0.25) is 0 Å². The molecule has 0 bridgehead atoms. The summed E-state index contributed by atoms with van der Waals surface area (Å²) < 4.78 is 0. The summed E-state index contributed by atoms with van der Waals surface area (Å²) >= 11 is 0. The maximum atomic E-state index is 3.67. The summed E-state index contributed by atoms with van der Waals surface area (Å²) in [6, 6.07) is 8.31. The van der Waals surface area contributed by atoms with E-state index in [0.29, 0.717) is 6.04 Å². The topological polar surface area (TPSA) is 15.3 Å². The standard InChI is InChI=1S/C18H30N2/c1-5-19-18(9-10-20(6-2)17-7-8-17)16-12-14(3)11-15(4)13-16/h11-13,17-19H,5-10H2,1-4H3. The minimum absolute atomic E-state index is 0.492. The number of rotatable bonds is 8. The van der Waals surface area contributed by atoms with Crippen molar-refractivity contribution in [1.29, 1.82) is 0 Å². The van der Waals surface area contributed by atoms with Gasteiger partial charge in [-0.05, 0) is 51.8 Å². The van der Waals surface area contributed by atoms with Crippen LogP contribution in [0.4, 0.5) is 0 Å². The van der Waals surface area contributed by atoms with Crippen LogP contribution in [-0.2, 0) is 0 Å². The van der Waals surface area contributed by atoms with E-state index in [1.807, 2.05) is 0 Å². The zero-order valence-corrected chi connectivity index (χ0v) is 13.6. The molecule has 0 heterocycles. The molecule has 1 fully saturated rings. The van der Waals surface area contributed by atoms with Crippen LogP contribution >= 0.6 is 0 Å². The fourth-order valence-electron chi connectivity index (χ4n) is 3.18. The van der Waals surface area contributed by atoms with Crippen molar-refractivity contribution >= 4 is 0 Å². The van der Waals surface area contributed by atoms with Gasteiger partial charge in [0.25, 0.3) is 0 Å². The van der Waals surface area contributed by atoms with Gasteiger partial charge in [-0.2, -0.15) is 0 Å². The van der Waals surface area contributed by atoms with Crippen LogP contribution < -0.4 is 5.32 Å². The Kier molecular flexibility index (Phi) is 5.62. The second-order valence-electron chi connectivity index (χ2n) is 6.18. The SMILES string of the molecule is CCNC(CCN(CC)C1CC1)c1cc(C)cc(C)c1. The fraction of sp³-hybridized carbons (Fsp3) is 0.667.